The van der Waals surface area contributed by atoms with Gasteiger partial charge in [-0.1, -0.05) is 48.0 Å². The number of nitrogens with zero attached hydrogens (tertiary/aromatic N) is 3. The maximum atomic E-state index is 5.77. The zero-order valence-corrected chi connectivity index (χ0v) is 17.7. The van der Waals surface area contributed by atoms with Crippen LogP contribution in [0.3, 0.4) is 0 Å². The quantitative estimate of drug-likeness (QED) is 0.755. The van der Waals surface area contributed by atoms with Gasteiger partial charge in [0.15, 0.2) is 0 Å². The van der Waals surface area contributed by atoms with Crippen molar-refractivity contribution in [2.24, 2.45) is 0 Å². The molecule has 0 spiro atoms. The minimum Gasteiger partial charge on any atom is -0.388 e. The van der Waals surface area contributed by atoms with E-state index in [1.165, 1.54) is 16.5 Å². The number of aromatic nitrogens is 2. The summed E-state index contributed by atoms with van der Waals surface area (Å²) in [4.78, 5) is 10.5. The van der Waals surface area contributed by atoms with Gasteiger partial charge in [-0.25, -0.2) is 0 Å². The topological polar surface area (TPSA) is 90.3 Å². The monoisotopic (exact) mass is 423 g/mol. The first-order chi connectivity index (χ1) is 12.5. The van der Waals surface area contributed by atoms with Crippen LogP contribution >= 0.6 is 15.9 Å². The molecule has 1 aliphatic heterocycles. The van der Waals surface area contributed by atoms with Crippen molar-refractivity contribution in [3.8, 4) is 0 Å². The predicted octanol–water partition coefficient (Wildman–Crippen LogP) is 4.08. The number of nitrogen functional groups attached to an aromatic ring is 2. The van der Waals surface area contributed by atoms with E-state index in [2.05, 4.69) is 53.7 Å². The Labute approximate surface area is 165 Å². The average Bonchev–Trinajstić information content (AvgIpc) is 2.64. The predicted molar refractivity (Wildman–Crippen MR) is 113 cm³/mol. The van der Waals surface area contributed by atoms with Gasteiger partial charge >= 0.3 is 0 Å². The van der Waals surface area contributed by atoms with Crippen LogP contribution in [0.25, 0.3) is 0 Å². The molecule has 3 rings (SSSR count). The van der Waals surface area contributed by atoms with Gasteiger partial charge in [0.05, 0.1) is 0 Å². The van der Waals surface area contributed by atoms with Gasteiger partial charge < -0.3 is 21.1 Å². The maximum absolute atomic E-state index is 5.77. The van der Waals surface area contributed by atoms with Gasteiger partial charge in [0.2, 0.25) is 5.95 Å². The largest absolute Gasteiger partial charge is 0.388 e. The normalized spacial score (nSPS) is 16.0. The van der Waals surface area contributed by atoms with Crippen molar-refractivity contribution in [2.45, 2.75) is 32.6 Å². The molecular formula is C19H30BrN5O. The second-order valence-corrected chi connectivity index (χ2v) is 6.58. The van der Waals surface area contributed by atoms with E-state index in [9.17, 15) is 0 Å². The Bertz CT molecular complexity index is 648. The van der Waals surface area contributed by atoms with E-state index in [1.807, 2.05) is 19.9 Å². The molecule has 4 N–H and O–H groups in total. The first kappa shape index (κ1) is 22.2. The van der Waals surface area contributed by atoms with E-state index in [4.69, 9.17) is 11.5 Å². The number of methoxy groups -OCH3 is 1. The SMILES string of the molecule is CC.COC.Nc1cc(N2CCCC(c3ccccc3Br)C2)nc(N)n1. The lowest BCUT2D eigenvalue weighted by Crippen LogP contribution is -2.35. The third-order valence-corrected chi connectivity index (χ3v) is 4.56. The summed E-state index contributed by atoms with van der Waals surface area (Å²) in [6, 6.07) is 10.2. The molecule has 1 aromatic heterocycles. The molecule has 0 amide bonds. The zero-order chi connectivity index (χ0) is 19.5. The fraction of sp³-hybridized carbons (Fsp3) is 0.474. The molecular weight excluding hydrogens is 394 g/mol. The molecule has 1 fully saturated rings. The standard InChI is InChI=1S/C15H18BrN5.C2H6O.C2H6/c16-12-6-2-1-5-11(12)10-4-3-7-21(9-10)14-8-13(17)19-15(18)20-14;1-3-2;1-2/h1-2,5-6,8,10H,3-4,7,9H2,(H4,17,18,19,20);1-2H3;1-2H3. The smallest absolute Gasteiger partial charge is 0.223 e. The lowest BCUT2D eigenvalue weighted by molar-refractivity contribution is 0.277. The Morgan fingerprint density at radius 1 is 1.15 bits per heavy atom. The molecule has 6 nitrogen and oxygen atoms in total. The first-order valence-corrected chi connectivity index (χ1v) is 9.64. The molecule has 1 unspecified atom stereocenters. The summed E-state index contributed by atoms with van der Waals surface area (Å²) in [6.45, 7) is 5.88. The van der Waals surface area contributed by atoms with Gasteiger partial charge in [-0.15, -0.1) is 0 Å². The van der Waals surface area contributed by atoms with Crippen LogP contribution in [0.4, 0.5) is 17.6 Å². The Kier molecular flexibility index (Phi) is 9.98. The summed E-state index contributed by atoms with van der Waals surface area (Å²) in [5.74, 6) is 1.94. The minimum atomic E-state index is 0.230. The van der Waals surface area contributed by atoms with Crippen molar-refractivity contribution in [1.29, 1.82) is 0 Å². The number of benzene rings is 1. The van der Waals surface area contributed by atoms with E-state index in [0.29, 0.717) is 11.7 Å². The van der Waals surface area contributed by atoms with Crippen LogP contribution in [-0.2, 0) is 4.74 Å². The number of ether oxygens (including phenoxy) is 1. The highest BCUT2D eigenvalue weighted by Crippen LogP contribution is 2.33. The van der Waals surface area contributed by atoms with E-state index >= 15 is 0 Å². The Balaban J connectivity index is 0.000000615. The number of rotatable bonds is 2. The molecule has 0 saturated carbocycles. The average molecular weight is 424 g/mol. The second-order valence-electron chi connectivity index (χ2n) is 5.72. The molecule has 1 atom stereocenters. The van der Waals surface area contributed by atoms with Gasteiger partial charge in [-0.05, 0) is 24.5 Å². The molecule has 1 saturated heterocycles. The molecule has 26 heavy (non-hydrogen) atoms. The molecule has 2 heterocycles. The molecule has 0 radical (unpaired) electrons. The number of anilines is 3. The van der Waals surface area contributed by atoms with Crippen molar-refractivity contribution < 1.29 is 4.74 Å². The van der Waals surface area contributed by atoms with Crippen LogP contribution in [0, 0.1) is 0 Å². The molecule has 1 aliphatic rings. The molecule has 144 valence electrons. The highest BCUT2D eigenvalue weighted by molar-refractivity contribution is 9.10. The summed E-state index contributed by atoms with van der Waals surface area (Å²) in [5, 5.41) is 0. The molecule has 2 aromatic rings. The van der Waals surface area contributed by atoms with Gasteiger partial charge in [-0.2, -0.15) is 9.97 Å². The summed E-state index contributed by atoms with van der Waals surface area (Å²) in [6.07, 6.45) is 2.30. The van der Waals surface area contributed by atoms with Crippen molar-refractivity contribution in [2.75, 3.05) is 43.7 Å². The minimum absolute atomic E-state index is 0.230. The number of halogens is 1. The summed E-state index contributed by atoms with van der Waals surface area (Å²) in [5.41, 5.74) is 12.8. The number of hydrogen-bond donors (Lipinski definition) is 2. The number of hydrogen-bond acceptors (Lipinski definition) is 6. The molecule has 7 heteroatoms. The first-order valence-electron chi connectivity index (χ1n) is 8.84. The molecule has 0 aliphatic carbocycles. The Morgan fingerprint density at radius 2 is 1.81 bits per heavy atom. The third kappa shape index (κ3) is 6.46. The summed E-state index contributed by atoms with van der Waals surface area (Å²) in [7, 11) is 3.25. The lowest BCUT2D eigenvalue weighted by atomic mass is 9.90. The third-order valence-electron chi connectivity index (χ3n) is 3.84. The highest BCUT2D eigenvalue weighted by atomic mass is 79.9. The Hall–Kier alpha value is -1.86. The van der Waals surface area contributed by atoms with E-state index in [-0.39, 0.29) is 5.95 Å². The molecule has 1 aromatic carbocycles. The van der Waals surface area contributed by atoms with E-state index in [0.717, 1.165) is 25.3 Å². The number of piperidine rings is 1. The highest BCUT2D eigenvalue weighted by Gasteiger charge is 2.24. The van der Waals surface area contributed by atoms with Gasteiger partial charge in [0, 0.05) is 43.8 Å². The fourth-order valence-corrected chi connectivity index (χ4v) is 3.49. The van der Waals surface area contributed by atoms with Gasteiger partial charge in [-0.3, -0.25) is 0 Å². The Morgan fingerprint density at radius 3 is 2.42 bits per heavy atom. The van der Waals surface area contributed by atoms with Crippen molar-refractivity contribution in [3.63, 3.8) is 0 Å². The van der Waals surface area contributed by atoms with Crippen LogP contribution in [0.5, 0.6) is 0 Å². The summed E-state index contributed by atoms with van der Waals surface area (Å²) < 4.78 is 5.42. The second kappa shape index (κ2) is 11.7. The van der Waals surface area contributed by atoms with Gasteiger partial charge in [0.1, 0.15) is 11.6 Å². The van der Waals surface area contributed by atoms with Crippen molar-refractivity contribution in [3.05, 3.63) is 40.4 Å². The van der Waals surface area contributed by atoms with Crippen LogP contribution in [0.2, 0.25) is 0 Å². The van der Waals surface area contributed by atoms with Crippen molar-refractivity contribution in [1.82, 2.24) is 9.97 Å². The zero-order valence-electron chi connectivity index (χ0n) is 16.1. The van der Waals surface area contributed by atoms with Gasteiger partial charge in [0.25, 0.3) is 0 Å². The summed E-state index contributed by atoms with van der Waals surface area (Å²) >= 11 is 3.65. The van der Waals surface area contributed by atoms with E-state index < -0.39 is 0 Å². The van der Waals surface area contributed by atoms with E-state index in [1.54, 1.807) is 20.3 Å². The van der Waals surface area contributed by atoms with Crippen LogP contribution in [0.15, 0.2) is 34.8 Å². The lowest BCUT2D eigenvalue weighted by Gasteiger charge is -2.34. The fourth-order valence-electron chi connectivity index (χ4n) is 2.88. The molecule has 0 bridgehead atoms. The number of nitrogens with two attached hydrogens (primary N) is 2. The van der Waals surface area contributed by atoms with Crippen LogP contribution in [-0.4, -0.2) is 37.3 Å². The van der Waals surface area contributed by atoms with Crippen LogP contribution in [0.1, 0.15) is 38.2 Å². The maximum Gasteiger partial charge on any atom is 0.223 e. The van der Waals surface area contributed by atoms with Crippen LogP contribution < -0.4 is 16.4 Å². The van der Waals surface area contributed by atoms with Crippen molar-refractivity contribution >= 4 is 33.5 Å².